The quantitative estimate of drug-likeness (QED) is 0.0321. The molecular weight excluding hydrogens is 863 g/mol. The lowest BCUT2D eigenvalue weighted by Crippen LogP contribution is -2.45. The van der Waals surface area contributed by atoms with E-state index in [0.717, 1.165) is 44.9 Å². The van der Waals surface area contributed by atoms with Crippen molar-refractivity contribution in [1.29, 1.82) is 0 Å². The van der Waals surface area contributed by atoms with E-state index in [1.807, 2.05) is 6.08 Å². The van der Waals surface area contributed by atoms with Crippen LogP contribution in [0.5, 0.6) is 0 Å². The molecule has 0 aromatic heterocycles. The molecule has 0 aromatic carbocycles. The van der Waals surface area contributed by atoms with Crippen molar-refractivity contribution >= 4 is 11.9 Å². The molecule has 0 saturated heterocycles. The van der Waals surface area contributed by atoms with Crippen LogP contribution in [0.15, 0.2) is 24.3 Å². The van der Waals surface area contributed by atoms with Gasteiger partial charge in [0, 0.05) is 12.8 Å². The Morgan fingerprint density at radius 1 is 0.386 bits per heavy atom. The first-order valence-electron chi connectivity index (χ1n) is 31.6. The van der Waals surface area contributed by atoms with Crippen LogP contribution in [-0.2, 0) is 14.3 Å². The average Bonchev–Trinajstić information content (AvgIpc) is 3.36. The van der Waals surface area contributed by atoms with E-state index in [4.69, 9.17) is 4.74 Å². The predicted molar refractivity (Wildman–Crippen MR) is 306 cm³/mol. The van der Waals surface area contributed by atoms with E-state index in [9.17, 15) is 19.8 Å². The summed E-state index contributed by atoms with van der Waals surface area (Å²) in [7, 11) is 0. The van der Waals surface area contributed by atoms with Gasteiger partial charge in [-0.05, 0) is 51.4 Å². The molecule has 0 aliphatic heterocycles. The summed E-state index contributed by atoms with van der Waals surface area (Å²) in [6, 6.07) is -0.630. The van der Waals surface area contributed by atoms with E-state index >= 15 is 0 Å². The fraction of sp³-hybridized carbons (Fsp3) is 0.906. The van der Waals surface area contributed by atoms with E-state index in [0.29, 0.717) is 19.4 Å². The topological polar surface area (TPSA) is 95.9 Å². The molecule has 0 fully saturated rings. The summed E-state index contributed by atoms with van der Waals surface area (Å²) < 4.78 is 5.46. The number of amides is 1. The molecular formula is C64H123NO5. The van der Waals surface area contributed by atoms with Gasteiger partial charge in [0.05, 0.1) is 25.4 Å². The number of allylic oxidation sites excluding steroid dienone is 3. The maximum atomic E-state index is 12.5. The lowest BCUT2D eigenvalue weighted by molar-refractivity contribution is -0.143. The number of hydrogen-bond acceptors (Lipinski definition) is 5. The molecule has 70 heavy (non-hydrogen) atoms. The monoisotopic (exact) mass is 986 g/mol. The summed E-state index contributed by atoms with van der Waals surface area (Å²) in [6.07, 6.45) is 73.6. The third kappa shape index (κ3) is 55.7. The molecule has 2 unspecified atom stereocenters. The standard InChI is InChI=1S/C64H123NO5/c1-3-5-7-9-11-13-15-16-17-18-19-20-21-24-27-30-33-37-40-44-48-52-56-62(67)61(60-66)65-63(68)57-53-49-45-41-38-34-31-28-25-22-23-26-29-32-35-39-43-47-51-55-59-70-64(69)58-54-50-46-42-36-14-12-10-8-6-4-2/h10,12,52,56,61-62,66-67H,3-9,11,13-51,53-55,57-60H2,1-2H3,(H,65,68)/b12-10-,56-52+. The summed E-state index contributed by atoms with van der Waals surface area (Å²) in [5.41, 5.74) is 0. The number of aliphatic hydroxyl groups excluding tert-OH is 2. The van der Waals surface area contributed by atoms with Gasteiger partial charge in [0.2, 0.25) is 5.91 Å². The maximum absolute atomic E-state index is 12.5. The van der Waals surface area contributed by atoms with Crippen LogP contribution in [0.4, 0.5) is 0 Å². The minimum Gasteiger partial charge on any atom is -0.466 e. The van der Waals surface area contributed by atoms with Crippen LogP contribution in [0, 0.1) is 0 Å². The van der Waals surface area contributed by atoms with Crippen molar-refractivity contribution in [3.8, 4) is 0 Å². The van der Waals surface area contributed by atoms with Gasteiger partial charge in [-0.1, -0.05) is 308 Å². The molecule has 0 aliphatic carbocycles. The van der Waals surface area contributed by atoms with Gasteiger partial charge in [0.1, 0.15) is 0 Å². The first kappa shape index (κ1) is 68.3. The second-order valence-electron chi connectivity index (χ2n) is 21.7. The highest BCUT2D eigenvalue weighted by molar-refractivity contribution is 5.76. The molecule has 0 rings (SSSR count). The fourth-order valence-electron chi connectivity index (χ4n) is 9.85. The smallest absolute Gasteiger partial charge is 0.305 e. The van der Waals surface area contributed by atoms with E-state index in [1.54, 1.807) is 6.08 Å². The number of unbranched alkanes of at least 4 members (excludes halogenated alkanes) is 46. The highest BCUT2D eigenvalue weighted by Crippen LogP contribution is 2.18. The van der Waals surface area contributed by atoms with Crippen LogP contribution in [0.3, 0.4) is 0 Å². The van der Waals surface area contributed by atoms with Crippen LogP contribution < -0.4 is 5.32 Å². The van der Waals surface area contributed by atoms with E-state index in [1.165, 1.54) is 276 Å². The van der Waals surface area contributed by atoms with E-state index < -0.39 is 12.1 Å². The van der Waals surface area contributed by atoms with Gasteiger partial charge in [-0.2, -0.15) is 0 Å². The molecule has 0 radical (unpaired) electrons. The molecule has 3 N–H and O–H groups in total. The zero-order valence-corrected chi connectivity index (χ0v) is 47.3. The molecule has 0 aliphatic rings. The van der Waals surface area contributed by atoms with Crippen LogP contribution in [0.25, 0.3) is 0 Å². The van der Waals surface area contributed by atoms with Crippen molar-refractivity contribution in [2.45, 2.75) is 360 Å². The van der Waals surface area contributed by atoms with Crippen molar-refractivity contribution in [2.75, 3.05) is 13.2 Å². The molecule has 414 valence electrons. The highest BCUT2D eigenvalue weighted by atomic mass is 16.5. The Kier molecular flexibility index (Phi) is 58.5. The second kappa shape index (κ2) is 59.9. The molecule has 0 saturated carbocycles. The number of ether oxygens (including phenoxy) is 1. The number of nitrogens with one attached hydrogen (secondary N) is 1. The Bertz CT molecular complexity index is 1090. The van der Waals surface area contributed by atoms with E-state index in [2.05, 4.69) is 31.3 Å². The number of aliphatic hydroxyl groups is 2. The average molecular weight is 987 g/mol. The molecule has 0 aromatic rings. The molecule has 0 heterocycles. The zero-order valence-electron chi connectivity index (χ0n) is 47.3. The van der Waals surface area contributed by atoms with Crippen molar-refractivity contribution in [1.82, 2.24) is 5.32 Å². The minimum atomic E-state index is -0.847. The summed E-state index contributed by atoms with van der Waals surface area (Å²) in [6.45, 7) is 4.89. The van der Waals surface area contributed by atoms with E-state index in [-0.39, 0.29) is 18.5 Å². The summed E-state index contributed by atoms with van der Waals surface area (Å²) in [4.78, 5) is 24.5. The van der Waals surface area contributed by atoms with Gasteiger partial charge in [-0.3, -0.25) is 9.59 Å². The van der Waals surface area contributed by atoms with Gasteiger partial charge in [0.25, 0.3) is 0 Å². The Labute approximate surface area is 437 Å². The zero-order chi connectivity index (χ0) is 50.7. The molecule has 6 heteroatoms. The first-order chi connectivity index (χ1) is 34.5. The van der Waals surface area contributed by atoms with Gasteiger partial charge >= 0.3 is 5.97 Å². The van der Waals surface area contributed by atoms with Crippen molar-refractivity contribution in [2.24, 2.45) is 0 Å². The molecule has 0 bridgehead atoms. The predicted octanol–water partition coefficient (Wildman–Crippen LogP) is 19.8. The Morgan fingerprint density at radius 2 is 0.686 bits per heavy atom. The van der Waals surface area contributed by atoms with Gasteiger partial charge in [-0.25, -0.2) is 0 Å². The van der Waals surface area contributed by atoms with Gasteiger partial charge in [-0.15, -0.1) is 0 Å². The third-order valence-corrected chi connectivity index (χ3v) is 14.7. The molecule has 2 atom stereocenters. The number of hydrogen-bond donors (Lipinski definition) is 3. The normalized spacial score (nSPS) is 12.7. The van der Waals surface area contributed by atoms with Crippen molar-refractivity contribution in [3.05, 3.63) is 24.3 Å². The SMILES string of the molecule is CCCC/C=C\CCCCCCCC(=O)OCCCCCCCCCCCCCCCCCCCCCCC(=O)NC(CO)C(O)/C=C/CCCCCCCCCCCCCCCCCCCCCC. The van der Waals surface area contributed by atoms with Crippen LogP contribution in [-0.4, -0.2) is 47.4 Å². The Hall–Kier alpha value is -1.66. The summed E-state index contributed by atoms with van der Waals surface area (Å²) >= 11 is 0. The van der Waals surface area contributed by atoms with Crippen molar-refractivity contribution < 1.29 is 24.5 Å². The Balaban J connectivity index is 3.43. The lowest BCUT2D eigenvalue weighted by atomic mass is 10.0. The molecule has 6 nitrogen and oxygen atoms in total. The fourth-order valence-corrected chi connectivity index (χ4v) is 9.85. The van der Waals surface area contributed by atoms with Crippen LogP contribution in [0.2, 0.25) is 0 Å². The second-order valence-corrected chi connectivity index (χ2v) is 21.7. The number of carbonyl (C=O) groups excluding carboxylic acids is 2. The van der Waals surface area contributed by atoms with Gasteiger partial charge in [0.15, 0.2) is 0 Å². The third-order valence-electron chi connectivity index (χ3n) is 14.7. The molecule has 1 amide bonds. The number of rotatable bonds is 59. The number of esters is 1. The number of carbonyl (C=O) groups is 2. The van der Waals surface area contributed by atoms with Crippen LogP contribution in [0.1, 0.15) is 348 Å². The lowest BCUT2D eigenvalue weighted by Gasteiger charge is -2.20. The Morgan fingerprint density at radius 3 is 1.06 bits per heavy atom. The highest BCUT2D eigenvalue weighted by Gasteiger charge is 2.18. The minimum absolute atomic E-state index is 0.000699. The van der Waals surface area contributed by atoms with Gasteiger partial charge < -0.3 is 20.3 Å². The summed E-state index contributed by atoms with van der Waals surface area (Å²) in [5, 5.41) is 23.2. The first-order valence-corrected chi connectivity index (χ1v) is 31.6. The molecule has 0 spiro atoms. The van der Waals surface area contributed by atoms with Crippen molar-refractivity contribution in [3.63, 3.8) is 0 Å². The summed E-state index contributed by atoms with van der Waals surface area (Å²) in [5.74, 6) is -0.0673. The largest absolute Gasteiger partial charge is 0.466 e. The van der Waals surface area contributed by atoms with Crippen LogP contribution >= 0.6 is 0 Å². The maximum Gasteiger partial charge on any atom is 0.305 e.